The zero-order chi connectivity index (χ0) is 16.7. The van der Waals surface area contributed by atoms with Crippen LogP contribution in [-0.2, 0) is 16.1 Å². The second-order valence-electron chi connectivity index (χ2n) is 4.49. The van der Waals surface area contributed by atoms with Gasteiger partial charge in [-0.15, -0.1) is 0 Å². The zero-order valence-corrected chi connectivity index (χ0v) is 12.1. The highest BCUT2D eigenvalue weighted by Gasteiger charge is 2.11. The lowest BCUT2D eigenvalue weighted by molar-refractivity contribution is -0.385. The lowest BCUT2D eigenvalue weighted by atomic mass is 10.3. The molecule has 8 heteroatoms. The number of carbonyl (C=O) groups excluding carboxylic acids is 1. The van der Waals surface area contributed by atoms with Crippen LogP contribution in [0.2, 0.25) is 0 Å². The molecule has 0 bridgehead atoms. The Morgan fingerprint density at radius 2 is 1.87 bits per heavy atom. The van der Waals surface area contributed by atoms with Gasteiger partial charge >= 0.3 is 5.97 Å². The van der Waals surface area contributed by atoms with Crippen LogP contribution >= 0.6 is 0 Å². The number of aromatic nitrogens is 1. The molecular weight excluding hydrogens is 304 g/mol. The van der Waals surface area contributed by atoms with Gasteiger partial charge < -0.3 is 9.47 Å². The predicted octanol–water partition coefficient (Wildman–Crippen LogP) is 1.38. The third-order valence-electron chi connectivity index (χ3n) is 2.84. The van der Waals surface area contributed by atoms with Gasteiger partial charge in [-0.25, -0.2) is 0 Å². The van der Waals surface area contributed by atoms with E-state index < -0.39 is 23.0 Å². The van der Waals surface area contributed by atoms with Crippen molar-refractivity contribution in [1.82, 2.24) is 4.57 Å². The van der Waals surface area contributed by atoms with E-state index in [1.807, 2.05) is 18.2 Å². The number of nitrogens with zero attached hydrogens (tertiary/aromatic N) is 2. The van der Waals surface area contributed by atoms with E-state index in [9.17, 15) is 19.7 Å². The van der Waals surface area contributed by atoms with Crippen LogP contribution in [0.25, 0.3) is 0 Å². The van der Waals surface area contributed by atoms with Gasteiger partial charge in [-0.05, 0) is 12.1 Å². The van der Waals surface area contributed by atoms with Crippen LogP contribution in [0.3, 0.4) is 0 Å². The summed E-state index contributed by atoms with van der Waals surface area (Å²) in [6.45, 7) is -0.219. The molecule has 1 heterocycles. The van der Waals surface area contributed by atoms with Crippen LogP contribution in [0.5, 0.6) is 5.75 Å². The van der Waals surface area contributed by atoms with E-state index in [4.69, 9.17) is 9.47 Å². The van der Waals surface area contributed by atoms with E-state index >= 15 is 0 Å². The first-order chi connectivity index (χ1) is 11.1. The molecule has 0 N–H and O–H groups in total. The van der Waals surface area contributed by atoms with E-state index in [1.54, 1.807) is 12.1 Å². The van der Waals surface area contributed by atoms with Gasteiger partial charge in [0.25, 0.3) is 11.2 Å². The van der Waals surface area contributed by atoms with Gasteiger partial charge in [0, 0.05) is 12.1 Å². The molecule has 0 fully saturated rings. The molecule has 0 radical (unpaired) electrons. The topological polar surface area (TPSA) is 101 Å². The Balaban J connectivity index is 1.82. The van der Waals surface area contributed by atoms with Crippen molar-refractivity contribution in [3.8, 4) is 5.75 Å². The van der Waals surface area contributed by atoms with Crippen molar-refractivity contribution in [2.24, 2.45) is 0 Å². The fourth-order valence-corrected chi connectivity index (χ4v) is 1.77. The summed E-state index contributed by atoms with van der Waals surface area (Å²) in [4.78, 5) is 33.2. The van der Waals surface area contributed by atoms with Gasteiger partial charge in [-0.3, -0.25) is 24.3 Å². The fourth-order valence-electron chi connectivity index (χ4n) is 1.77. The number of nitro groups is 1. The van der Waals surface area contributed by atoms with Gasteiger partial charge in [-0.2, -0.15) is 0 Å². The Bertz CT molecular complexity index is 741. The Labute approximate surface area is 131 Å². The zero-order valence-electron chi connectivity index (χ0n) is 12.1. The largest absolute Gasteiger partial charge is 0.490 e. The van der Waals surface area contributed by atoms with Crippen LogP contribution in [0.1, 0.15) is 0 Å². The molecule has 0 amide bonds. The number of hydrogen-bond donors (Lipinski definition) is 0. The van der Waals surface area contributed by atoms with Crippen LogP contribution in [-0.4, -0.2) is 28.7 Å². The van der Waals surface area contributed by atoms with Gasteiger partial charge in [0.2, 0.25) is 0 Å². The van der Waals surface area contributed by atoms with Gasteiger partial charge in [-0.1, -0.05) is 18.2 Å². The number of rotatable bonds is 7. The maximum atomic E-state index is 11.6. The average molecular weight is 318 g/mol. The number of pyridine rings is 1. The minimum absolute atomic E-state index is 0.0113. The summed E-state index contributed by atoms with van der Waals surface area (Å²) in [5, 5.41) is 10.7. The minimum Gasteiger partial charge on any atom is -0.490 e. The standard InChI is InChI=1S/C15H14N2O6/c18-14-7-6-12(17(20)21)10-16(14)11-15(19)23-9-8-22-13-4-2-1-3-5-13/h1-7,10H,8-9,11H2. The number of carbonyl (C=O) groups is 1. The molecule has 1 aromatic carbocycles. The summed E-state index contributed by atoms with van der Waals surface area (Å²) in [5.41, 5.74) is -0.794. The molecule has 120 valence electrons. The van der Waals surface area contributed by atoms with E-state index in [2.05, 4.69) is 0 Å². The molecule has 0 aliphatic carbocycles. The highest BCUT2D eigenvalue weighted by atomic mass is 16.6. The SMILES string of the molecule is O=C(Cn1cc([N+](=O)[O-])ccc1=O)OCCOc1ccccc1. The molecule has 0 aliphatic heterocycles. The molecule has 2 aromatic rings. The number of ether oxygens (including phenoxy) is 2. The van der Waals surface area contributed by atoms with Crippen molar-refractivity contribution in [2.45, 2.75) is 6.54 Å². The smallest absolute Gasteiger partial charge is 0.326 e. The summed E-state index contributed by atoms with van der Waals surface area (Å²) in [6, 6.07) is 11.1. The molecular formula is C15H14N2O6. The highest BCUT2D eigenvalue weighted by molar-refractivity contribution is 5.69. The molecule has 8 nitrogen and oxygen atoms in total. The summed E-state index contributed by atoms with van der Waals surface area (Å²) in [6.07, 6.45) is 1.00. The lowest BCUT2D eigenvalue weighted by Crippen LogP contribution is -2.25. The molecule has 0 saturated carbocycles. The molecule has 0 saturated heterocycles. The monoisotopic (exact) mass is 318 g/mol. The Kier molecular flexibility index (Phi) is 5.45. The summed E-state index contributed by atoms with van der Waals surface area (Å²) >= 11 is 0. The van der Waals surface area contributed by atoms with Crippen molar-refractivity contribution in [2.75, 3.05) is 13.2 Å². The van der Waals surface area contributed by atoms with Crippen molar-refractivity contribution in [1.29, 1.82) is 0 Å². The number of para-hydroxylation sites is 1. The van der Waals surface area contributed by atoms with Crippen LogP contribution in [0, 0.1) is 10.1 Å². The third kappa shape index (κ3) is 4.95. The molecule has 2 rings (SSSR count). The number of esters is 1. The average Bonchev–Trinajstić information content (AvgIpc) is 2.54. The Morgan fingerprint density at radius 3 is 2.57 bits per heavy atom. The summed E-state index contributed by atoms with van der Waals surface area (Å²) < 4.78 is 11.2. The molecule has 0 spiro atoms. The van der Waals surface area contributed by atoms with E-state index in [0.29, 0.717) is 5.75 Å². The molecule has 23 heavy (non-hydrogen) atoms. The van der Waals surface area contributed by atoms with Gasteiger partial charge in [0.05, 0.1) is 11.1 Å². The van der Waals surface area contributed by atoms with E-state index in [0.717, 1.165) is 22.9 Å². The van der Waals surface area contributed by atoms with Crippen LogP contribution in [0.15, 0.2) is 53.5 Å². The first kappa shape index (κ1) is 16.2. The normalized spacial score (nSPS) is 10.1. The van der Waals surface area contributed by atoms with E-state index in [-0.39, 0.29) is 18.9 Å². The number of benzene rings is 1. The second-order valence-corrected chi connectivity index (χ2v) is 4.49. The number of hydrogen-bond acceptors (Lipinski definition) is 6. The lowest BCUT2D eigenvalue weighted by Gasteiger charge is -2.08. The fraction of sp³-hybridized carbons (Fsp3) is 0.200. The van der Waals surface area contributed by atoms with Crippen LogP contribution in [0.4, 0.5) is 5.69 Å². The third-order valence-corrected chi connectivity index (χ3v) is 2.84. The minimum atomic E-state index is -0.677. The molecule has 0 atom stereocenters. The molecule has 0 unspecified atom stereocenters. The van der Waals surface area contributed by atoms with Crippen molar-refractivity contribution >= 4 is 11.7 Å². The van der Waals surface area contributed by atoms with E-state index in [1.165, 1.54) is 0 Å². The second kappa shape index (κ2) is 7.74. The van der Waals surface area contributed by atoms with Gasteiger partial charge in [0.15, 0.2) is 0 Å². The van der Waals surface area contributed by atoms with Crippen molar-refractivity contribution in [3.05, 3.63) is 69.1 Å². The maximum Gasteiger partial charge on any atom is 0.326 e. The first-order valence-corrected chi connectivity index (χ1v) is 6.74. The Hall–Kier alpha value is -3.16. The van der Waals surface area contributed by atoms with Gasteiger partial charge in [0.1, 0.15) is 25.5 Å². The molecule has 1 aromatic heterocycles. The summed E-state index contributed by atoms with van der Waals surface area (Å²) in [7, 11) is 0. The quantitative estimate of drug-likeness (QED) is 0.331. The Morgan fingerprint density at radius 1 is 1.13 bits per heavy atom. The predicted molar refractivity (Wildman–Crippen MR) is 80.3 cm³/mol. The van der Waals surface area contributed by atoms with Crippen molar-refractivity contribution < 1.29 is 19.2 Å². The highest BCUT2D eigenvalue weighted by Crippen LogP contribution is 2.08. The van der Waals surface area contributed by atoms with Crippen LogP contribution < -0.4 is 10.3 Å². The molecule has 0 aliphatic rings. The summed E-state index contributed by atoms with van der Waals surface area (Å²) in [5.74, 6) is -0.0253. The first-order valence-electron chi connectivity index (χ1n) is 6.74. The maximum absolute atomic E-state index is 11.6. The van der Waals surface area contributed by atoms with Crippen molar-refractivity contribution in [3.63, 3.8) is 0 Å².